The lowest BCUT2D eigenvalue weighted by Crippen LogP contribution is -2.20. The maximum Gasteiger partial charge on any atom is 0.349 e. The summed E-state index contributed by atoms with van der Waals surface area (Å²) in [6, 6.07) is 9.18. The first-order valence-electron chi connectivity index (χ1n) is 6.35. The van der Waals surface area contributed by atoms with E-state index in [1.54, 1.807) is 24.3 Å². The number of nitrogens with zero attached hydrogens (tertiary/aromatic N) is 1. The SMILES string of the molecule is COc1cccc(NC(=O)COC(=O)c2ccc([N+](=O)[O-])s2)c1. The Hall–Kier alpha value is -2.94. The van der Waals surface area contributed by atoms with E-state index in [2.05, 4.69) is 5.32 Å². The molecule has 0 spiro atoms. The van der Waals surface area contributed by atoms with Gasteiger partial charge in [-0.25, -0.2) is 4.79 Å². The fourth-order valence-electron chi connectivity index (χ4n) is 1.64. The minimum Gasteiger partial charge on any atom is -0.497 e. The average molecular weight is 336 g/mol. The van der Waals surface area contributed by atoms with Gasteiger partial charge in [0.2, 0.25) is 0 Å². The number of nitro groups is 1. The third-order valence-corrected chi connectivity index (χ3v) is 3.68. The lowest BCUT2D eigenvalue weighted by molar-refractivity contribution is -0.380. The number of rotatable bonds is 6. The molecule has 0 aliphatic carbocycles. The van der Waals surface area contributed by atoms with E-state index < -0.39 is 23.4 Å². The molecule has 120 valence electrons. The smallest absolute Gasteiger partial charge is 0.349 e. The molecule has 0 bridgehead atoms. The first-order valence-corrected chi connectivity index (χ1v) is 7.16. The summed E-state index contributed by atoms with van der Waals surface area (Å²) in [5, 5.41) is 12.9. The highest BCUT2D eigenvalue weighted by Crippen LogP contribution is 2.24. The number of hydrogen-bond acceptors (Lipinski definition) is 7. The van der Waals surface area contributed by atoms with Gasteiger partial charge in [-0.3, -0.25) is 14.9 Å². The predicted molar refractivity (Wildman–Crippen MR) is 82.9 cm³/mol. The van der Waals surface area contributed by atoms with E-state index in [0.717, 1.165) is 0 Å². The van der Waals surface area contributed by atoms with E-state index >= 15 is 0 Å². The maximum atomic E-state index is 11.7. The number of carbonyl (C=O) groups excluding carboxylic acids is 2. The zero-order valence-electron chi connectivity index (χ0n) is 12.0. The number of anilines is 1. The number of benzene rings is 1. The second kappa shape index (κ2) is 7.36. The third kappa shape index (κ3) is 4.51. The summed E-state index contributed by atoms with van der Waals surface area (Å²) in [7, 11) is 1.50. The highest BCUT2D eigenvalue weighted by molar-refractivity contribution is 7.17. The second-order valence-electron chi connectivity index (χ2n) is 4.25. The summed E-state index contributed by atoms with van der Waals surface area (Å²) >= 11 is 0.688. The van der Waals surface area contributed by atoms with Crippen molar-refractivity contribution in [3.63, 3.8) is 0 Å². The zero-order chi connectivity index (χ0) is 16.8. The van der Waals surface area contributed by atoms with Crippen molar-refractivity contribution < 1.29 is 24.0 Å². The molecule has 0 saturated carbocycles. The van der Waals surface area contributed by atoms with Crippen molar-refractivity contribution in [2.45, 2.75) is 0 Å². The van der Waals surface area contributed by atoms with Crippen LogP contribution in [0.2, 0.25) is 0 Å². The molecule has 0 radical (unpaired) electrons. The number of ether oxygens (including phenoxy) is 2. The van der Waals surface area contributed by atoms with E-state index in [-0.39, 0.29) is 9.88 Å². The first-order chi connectivity index (χ1) is 11.0. The van der Waals surface area contributed by atoms with Gasteiger partial charge in [0.05, 0.1) is 12.0 Å². The molecule has 8 nitrogen and oxygen atoms in total. The van der Waals surface area contributed by atoms with Crippen molar-refractivity contribution in [2.24, 2.45) is 0 Å². The Labute approximate surface area is 134 Å². The van der Waals surface area contributed by atoms with Gasteiger partial charge in [-0.15, -0.1) is 0 Å². The number of hydrogen-bond donors (Lipinski definition) is 1. The number of carbonyl (C=O) groups is 2. The lowest BCUT2D eigenvalue weighted by atomic mass is 10.3. The summed E-state index contributed by atoms with van der Waals surface area (Å²) in [5.74, 6) is -0.743. The van der Waals surface area contributed by atoms with E-state index in [1.165, 1.54) is 19.2 Å². The minimum absolute atomic E-state index is 0.0610. The molecule has 1 aromatic carbocycles. The lowest BCUT2D eigenvalue weighted by Gasteiger charge is -2.07. The van der Waals surface area contributed by atoms with Crippen LogP contribution >= 0.6 is 11.3 Å². The third-order valence-electron chi connectivity index (χ3n) is 2.66. The van der Waals surface area contributed by atoms with Gasteiger partial charge in [-0.2, -0.15) is 0 Å². The monoisotopic (exact) mass is 336 g/mol. The molecule has 0 saturated heterocycles. The average Bonchev–Trinajstić information content (AvgIpc) is 3.03. The molecule has 1 N–H and O–H groups in total. The molecule has 2 aromatic rings. The van der Waals surface area contributed by atoms with E-state index in [9.17, 15) is 19.7 Å². The number of amides is 1. The van der Waals surface area contributed by atoms with Crippen LogP contribution in [-0.4, -0.2) is 30.5 Å². The molecular formula is C14H12N2O6S. The topological polar surface area (TPSA) is 108 Å². The Kier molecular flexibility index (Phi) is 5.26. The molecule has 0 aliphatic rings. The summed E-state index contributed by atoms with van der Waals surface area (Å²) in [6.07, 6.45) is 0. The van der Waals surface area contributed by atoms with Gasteiger partial charge >= 0.3 is 11.0 Å². The van der Waals surface area contributed by atoms with E-state index in [0.29, 0.717) is 22.8 Å². The largest absolute Gasteiger partial charge is 0.497 e. The highest BCUT2D eigenvalue weighted by Gasteiger charge is 2.17. The number of esters is 1. The molecule has 1 amide bonds. The van der Waals surface area contributed by atoms with Crippen LogP contribution in [0.25, 0.3) is 0 Å². The fraction of sp³-hybridized carbons (Fsp3) is 0.143. The summed E-state index contributed by atoms with van der Waals surface area (Å²) in [5.41, 5.74) is 0.497. The Morgan fingerprint density at radius 3 is 2.74 bits per heavy atom. The van der Waals surface area contributed by atoms with Crippen LogP contribution in [-0.2, 0) is 9.53 Å². The molecule has 1 heterocycles. The Bertz CT molecular complexity index is 742. The van der Waals surface area contributed by atoms with Crippen LogP contribution in [0.1, 0.15) is 9.67 Å². The Balaban J connectivity index is 1.87. The summed E-state index contributed by atoms with van der Waals surface area (Å²) in [6.45, 7) is -0.498. The minimum atomic E-state index is -0.788. The summed E-state index contributed by atoms with van der Waals surface area (Å²) < 4.78 is 9.84. The molecule has 0 unspecified atom stereocenters. The standard InChI is InChI=1S/C14H12N2O6S/c1-21-10-4-2-3-9(7-10)15-12(17)8-22-14(18)11-5-6-13(23-11)16(19)20/h2-7H,8H2,1H3,(H,15,17). The van der Waals surface area contributed by atoms with Crippen LogP contribution in [0.4, 0.5) is 10.7 Å². The van der Waals surface area contributed by atoms with E-state index in [1.807, 2.05) is 0 Å². The number of thiophene rings is 1. The molecular weight excluding hydrogens is 324 g/mol. The van der Waals surface area contributed by atoms with Crippen molar-refractivity contribution >= 4 is 33.9 Å². The maximum absolute atomic E-state index is 11.7. The normalized spacial score (nSPS) is 9.96. The Morgan fingerprint density at radius 1 is 1.30 bits per heavy atom. The van der Waals surface area contributed by atoms with Crippen LogP contribution in [0.3, 0.4) is 0 Å². The first kappa shape index (κ1) is 16.4. The molecule has 9 heteroatoms. The quantitative estimate of drug-likeness (QED) is 0.493. The molecule has 2 rings (SSSR count). The van der Waals surface area contributed by atoms with Crippen molar-refractivity contribution in [3.05, 3.63) is 51.4 Å². The number of methoxy groups -OCH3 is 1. The highest BCUT2D eigenvalue weighted by atomic mass is 32.1. The molecule has 0 fully saturated rings. The second-order valence-corrected chi connectivity index (χ2v) is 5.31. The van der Waals surface area contributed by atoms with E-state index in [4.69, 9.17) is 9.47 Å². The van der Waals surface area contributed by atoms with Gasteiger partial charge in [-0.1, -0.05) is 17.4 Å². The van der Waals surface area contributed by atoms with Gasteiger partial charge < -0.3 is 14.8 Å². The van der Waals surface area contributed by atoms with Gasteiger partial charge in [0.1, 0.15) is 10.6 Å². The zero-order valence-corrected chi connectivity index (χ0v) is 12.8. The van der Waals surface area contributed by atoms with Gasteiger partial charge in [0, 0.05) is 17.8 Å². The van der Waals surface area contributed by atoms with Crippen molar-refractivity contribution in [1.82, 2.24) is 0 Å². The molecule has 1 aromatic heterocycles. The molecule has 0 atom stereocenters. The van der Waals surface area contributed by atoms with Gasteiger partial charge in [0.15, 0.2) is 6.61 Å². The number of nitrogens with one attached hydrogen (secondary N) is 1. The van der Waals surface area contributed by atoms with Crippen LogP contribution < -0.4 is 10.1 Å². The summed E-state index contributed by atoms with van der Waals surface area (Å²) in [4.78, 5) is 33.4. The van der Waals surface area contributed by atoms with Crippen molar-refractivity contribution in [3.8, 4) is 5.75 Å². The molecule has 23 heavy (non-hydrogen) atoms. The van der Waals surface area contributed by atoms with Gasteiger partial charge in [-0.05, 0) is 18.2 Å². The fourth-order valence-corrected chi connectivity index (χ4v) is 2.35. The van der Waals surface area contributed by atoms with Crippen LogP contribution in [0.5, 0.6) is 5.75 Å². The van der Waals surface area contributed by atoms with Crippen LogP contribution in [0.15, 0.2) is 36.4 Å². The van der Waals surface area contributed by atoms with Crippen molar-refractivity contribution in [2.75, 3.05) is 19.0 Å². The molecule has 0 aliphatic heterocycles. The predicted octanol–water partition coefficient (Wildman–Crippen LogP) is 2.46. The van der Waals surface area contributed by atoms with Crippen molar-refractivity contribution in [1.29, 1.82) is 0 Å². The van der Waals surface area contributed by atoms with Gasteiger partial charge in [0.25, 0.3) is 5.91 Å². The van der Waals surface area contributed by atoms with Crippen LogP contribution in [0, 0.1) is 10.1 Å². The Morgan fingerprint density at radius 2 is 2.09 bits per heavy atom.